The van der Waals surface area contributed by atoms with Crippen LogP contribution < -0.4 is 27.5 Å². The molecule has 4 atom stereocenters. The molecule has 7 N–H and O–H groups in total. The largest absolute Gasteiger partial charge is 0.356 e. The van der Waals surface area contributed by atoms with E-state index >= 15 is 0 Å². The Hall–Kier alpha value is -2.88. The van der Waals surface area contributed by atoms with Crippen molar-refractivity contribution >= 4 is 29.4 Å². The summed E-state index contributed by atoms with van der Waals surface area (Å²) >= 11 is 0. The first-order chi connectivity index (χ1) is 18.7. The van der Waals surface area contributed by atoms with Gasteiger partial charge in [0.25, 0.3) is 0 Å². The van der Waals surface area contributed by atoms with Gasteiger partial charge in [0, 0.05) is 31.1 Å². The summed E-state index contributed by atoms with van der Waals surface area (Å²) in [6.45, 7) is 7.67. The van der Waals surface area contributed by atoms with Gasteiger partial charge in [0.05, 0.1) is 18.3 Å². The van der Waals surface area contributed by atoms with Crippen LogP contribution in [0.25, 0.3) is 5.70 Å². The number of unbranched alkanes of at least 4 members (excludes halogenated alkanes) is 2. The molecule has 1 amide bonds. The molecule has 3 unspecified atom stereocenters. The smallest absolute Gasteiger partial charge is 0.223 e. The van der Waals surface area contributed by atoms with E-state index in [9.17, 15) is 14.4 Å². The summed E-state index contributed by atoms with van der Waals surface area (Å²) in [4.78, 5) is 36.8. The molecule has 0 spiro atoms. The van der Waals surface area contributed by atoms with Gasteiger partial charge in [-0.15, -0.1) is 0 Å². The van der Waals surface area contributed by atoms with Gasteiger partial charge in [-0.05, 0) is 74.1 Å². The van der Waals surface area contributed by atoms with Gasteiger partial charge in [-0.3, -0.25) is 19.8 Å². The predicted octanol–water partition coefficient (Wildman–Crippen LogP) is 2.50. The summed E-state index contributed by atoms with van der Waals surface area (Å²) in [5.74, 6) is -0.244. The second kappa shape index (κ2) is 15.1. The highest BCUT2D eigenvalue weighted by molar-refractivity contribution is 6.39. The molecule has 0 bridgehead atoms. The molecular weight excluding hydrogens is 492 g/mol. The zero-order valence-corrected chi connectivity index (χ0v) is 23.7. The number of benzene rings is 1. The van der Waals surface area contributed by atoms with E-state index in [0.29, 0.717) is 19.0 Å². The van der Waals surface area contributed by atoms with Crippen LogP contribution in [0.15, 0.2) is 34.9 Å². The first kappa shape index (κ1) is 30.7. The summed E-state index contributed by atoms with van der Waals surface area (Å²) in [6, 6.07) is 7.34. The summed E-state index contributed by atoms with van der Waals surface area (Å²) in [6.07, 6.45) is 7.82. The Bertz CT molecular complexity index is 1050. The van der Waals surface area contributed by atoms with E-state index in [2.05, 4.69) is 28.1 Å². The lowest BCUT2D eigenvalue weighted by Gasteiger charge is -2.27. The fourth-order valence-electron chi connectivity index (χ4n) is 5.38. The number of rotatable bonds is 15. The zero-order valence-electron chi connectivity index (χ0n) is 23.7. The van der Waals surface area contributed by atoms with Gasteiger partial charge in [0.2, 0.25) is 17.5 Å². The van der Waals surface area contributed by atoms with Gasteiger partial charge >= 0.3 is 0 Å². The van der Waals surface area contributed by atoms with Crippen molar-refractivity contribution in [2.75, 3.05) is 19.6 Å². The van der Waals surface area contributed by atoms with E-state index < -0.39 is 17.6 Å². The summed E-state index contributed by atoms with van der Waals surface area (Å²) < 4.78 is 0. The van der Waals surface area contributed by atoms with Gasteiger partial charge in [-0.2, -0.15) is 5.10 Å². The fraction of sp³-hybridized carbons (Fsp3) is 0.600. The third kappa shape index (κ3) is 8.55. The molecule has 1 aromatic carbocycles. The van der Waals surface area contributed by atoms with Gasteiger partial charge in [-0.1, -0.05) is 44.5 Å². The topological polar surface area (TPSA) is 152 Å². The number of Topliss-reactive ketones (excluding diaryl/α,β-unsaturated/α-hetero) is 2. The van der Waals surface area contributed by atoms with Crippen LogP contribution in [0.5, 0.6) is 0 Å². The van der Waals surface area contributed by atoms with Crippen molar-refractivity contribution in [1.29, 1.82) is 0 Å². The summed E-state index contributed by atoms with van der Waals surface area (Å²) in [7, 11) is 0. The van der Waals surface area contributed by atoms with Crippen LogP contribution in [0, 0.1) is 23.7 Å². The minimum absolute atomic E-state index is 0.0299. The standard InChI is InChI=1S/C30H46N6O3/c1-19(2)27(32)29(38)26(37)18-33-16-21-7-9-22(10-8-21)28-20(3)25(17-35-36-28)23-11-12-24(15-23)30(39)34-14-6-4-5-13-31/h7-10,17,19,23-25,27,33,36H,4-6,11-16,18,31-32H2,1-3H3,(H,34,39)/t23?,24?,25?,27-/m0/s1. The Morgan fingerprint density at radius 2 is 1.85 bits per heavy atom. The Kier molecular flexibility index (Phi) is 11.8. The van der Waals surface area contributed by atoms with E-state index in [4.69, 9.17) is 11.5 Å². The van der Waals surface area contributed by atoms with E-state index in [0.717, 1.165) is 61.9 Å². The molecule has 0 saturated heterocycles. The van der Waals surface area contributed by atoms with Crippen LogP contribution in [-0.4, -0.2) is 49.4 Å². The average Bonchev–Trinajstić information content (AvgIpc) is 3.43. The number of nitrogens with one attached hydrogen (secondary N) is 3. The molecule has 39 heavy (non-hydrogen) atoms. The molecule has 1 heterocycles. The normalized spacial score (nSPS) is 21.6. The van der Waals surface area contributed by atoms with Crippen LogP contribution in [0.3, 0.4) is 0 Å². The SMILES string of the molecule is CC1=C(c2ccc(CNCC(=O)C(=O)[C@@H](N)C(C)C)cc2)NN=CC1C1CCC(C(=O)NCCCCCN)C1. The highest BCUT2D eigenvalue weighted by Crippen LogP contribution is 2.40. The number of ketones is 2. The molecule has 0 aromatic heterocycles. The van der Waals surface area contributed by atoms with Gasteiger partial charge in [0.15, 0.2) is 0 Å². The van der Waals surface area contributed by atoms with E-state index in [-0.39, 0.29) is 30.2 Å². The quantitative estimate of drug-likeness (QED) is 0.170. The first-order valence-corrected chi connectivity index (χ1v) is 14.3. The predicted molar refractivity (Wildman–Crippen MR) is 155 cm³/mol. The highest BCUT2D eigenvalue weighted by atomic mass is 16.2. The number of hydrogen-bond donors (Lipinski definition) is 5. The lowest BCUT2D eigenvalue weighted by atomic mass is 9.83. The number of hydrogen-bond acceptors (Lipinski definition) is 8. The van der Waals surface area contributed by atoms with Crippen molar-refractivity contribution in [3.63, 3.8) is 0 Å². The van der Waals surface area contributed by atoms with Crippen LogP contribution >= 0.6 is 0 Å². The summed E-state index contributed by atoms with van der Waals surface area (Å²) in [5.41, 5.74) is 18.8. The van der Waals surface area contributed by atoms with Crippen molar-refractivity contribution in [1.82, 2.24) is 16.1 Å². The minimum Gasteiger partial charge on any atom is -0.356 e. The van der Waals surface area contributed by atoms with Crippen LogP contribution in [0.2, 0.25) is 0 Å². The average molecular weight is 539 g/mol. The van der Waals surface area contributed by atoms with Gasteiger partial charge in [0.1, 0.15) is 0 Å². The van der Waals surface area contributed by atoms with Gasteiger partial charge < -0.3 is 22.1 Å². The number of amides is 1. The molecular formula is C30H46N6O3. The number of carbonyl (C=O) groups is 3. The molecule has 214 valence electrons. The van der Waals surface area contributed by atoms with E-state index in [1.54, 1.807) is 0 Å². The Balaban J connectivity index is 1.52. The highest BCUT2D eigenvalue weighted by Gasteiger charge is 2.36. The van der Waals surface area contributed by atoms with E-state index in [1.807, 2.05) is 44.3 Å². The Morgan fingerprint density at radius 1 is 1.10 bits per heavy atom. The second-order valence-corrected chi connectivity index (χ2v) is 11.2. The van der Waals surface area contributed by atoms with Gasteiger partial charge in [-0.25, -0.2) is 0 Å². The zero-order chi connectivity index (χ0) is 28.4. The van der Waals surface area contributed by atoms with Crippen molar-refractivity contribution in [2.45, 2.75) is 71.9 Å². The summed E-state index contributed by atoms with van der Waals surface area (Å²) in [5, 5.41) is 10.6. The maximum atomic E-state index is 12.7. The van der Waals surface area contributed by atoms with Crippen molar-refractivity contribution in [3.05, 3.63) is 41.0 Å². The third-order valence-corrected chi connectivity index (χ3v) is 7.99. The molecule has 3 rings (SSSR count). The number of nitrogens with zero attached hydrogens (tertiary/aromatic N) is 1. The second-order valence-electron chi connectivity index (χ2n) is 11.2. The number of hydrazone groups is 1. The molecule has 1 saturated carbocycles. The first-order valence-electron chi connectivity index (χ1n) is 14.3. The molecule has 1 aliphatic carbocycles. The maximum absolute atomic E-state index is 12.7. The molecule has 9 heteroatoms. The Labute approximate surface area is 232 Å². The van der Waals surface area contributed by atoms with Crippen molar-refractivity contribution in [3.8, 4) is 0 Å². The number of carbonyl (C=O) groups excluding carboxylic acids is 3. The number of nitrogens with two attached hydrogens (primary N) is 2. The molecule has 1 aromatic rings. The fourth-order valence-corrected chi connectivity index (χ4v) is 5.38. The maximum Gasteiger partial charge on any atom is 0.223 e. The Morgan fingerprint density at radius 3 is 2.54 bits per heavy atom. The lowest BCUT2D eigenvalue weighted by Crippen LogP contribution is -2.43. The van der Waals surface area contributed by atoms with Crippen molar-refractivity contribution in [2.24, 2.45) is 40.2 Å². The molecule has 9 nitrogen and oxygen atoms in total. The van der Waals surface area contributed by atoms with Crippen LogP contribution in [0.4, 0.5) is 0 Å². The lowest BCUT2D eigenvalue weighted by molar-refractivity contribution is -0.137. The monoisotopic (exact) mass is 538 g/mol. The molecule has 0 radical (unpaired) electrons. The molecule has 1 fully saturated rings. The number of allylic oxidation sites excluding steroid dienone is 1. The molecule has 1 aliphatic heterocycles. The van der Waals surface area contributed by atoms with Crippen molar-refractivity contribution < 1.29 is 14.4 Å². The molecule has 2 aliphatic rings. The minimum atomic E-state index is -0.756. The van der Waals surface area contributed by atoms with Crippen LogP contribution in [-0.2, 0) is 20.9 Å². The van der Waals surface area contributed by atoms with E-state index in [1.165, 1.54) is 5.57 Å². The van der Waals surface area contributed by atoms with Crippen LogP contribution in [0.1, 0.15) is 70.4 Å². The third-order valence-electron chi connectivity index (χ3n) is 7.99.